The molecule has 0 aliphatic heterocycles. The van der Waals surface area contributed by atoms with Crippen LogP contribution in [0.2, 0.25) is 0 Å². The number of nitrogens with one attached hydrogen (secondary N) is 1. The Kier molecular flexibility index (Phi) is 7.55. The second-order valence-corrected chi connectivity index (χ2v) is 7.65. The van der Waals surface area contributed by atoms with Crippen molar-refractivity contribution in [3.05, 3.63) is 29.8 Å². The fourth-order valence-electron chi connectivity index (χ4n) is 2.07. The predicted octanol–water partition coefficient (Wildman–Crippen LogP) is 3.61. The molecule has 0 heterocycles. The zero-order valence-electron chi connectivity index (χ0n) is 14.7. The summed E-state index contributed by atoms with van der Waals surface area (Å²) in [5, 5.41) is 2.76. The molecule has 130 valence electrons. The van der Waals surface area contributed by atoms with Crippen LogP contribution in [-0.2, 0) is 22.3 Å². The van der Waals surface area contributed by atoms with E-state index >= 15 is 0 Å². The van der Waals surface area contributed by atoms with Gasteiger partial charge in [0.05, 0.1) is 5.69 Å². The molecule has 1 N–H and O–H groups in total. The van der Waals surface area contributed by atoms with Gasteiger partial charge in [-0.05, 0) is 38.8 Å². The zero-order valence-corrected chi connectivity index (χ0v) is 15.5. The predicted molar refractivity (Wildman–Crippen MR) is 95.8 cm³/mol. The summed E-state index contributed by atoms with van der Waals surface area (Å²) < 4.78 is 19.2. The summed E-state index contributed by atoms with van der Waals surface area (Å²) in [6.07, 6.45) is 3.22. The number of para-hydroxylation sites is 1. The number of alkyl carbamates (subject to hydrolysis) is 1. The zero-order chi connectivity index (χ0) is 17.5. The number of benzene rings is 1. The molecule has 5 nitrogen and oxygen atoms in total. The smallest absolute Gasteiger partial charge is 0.407 e. The number of amides is 1. The van der Waals surface area contributed by atoms with Gasteiger partial charge in [-0.3, -0.25) is 4.31 Å². The quantitative estimate of drug-likeness (QED) is 0.825. The SMILES string of the molecule is CCCCN(c1ccccc1CNC(=O)OC(C)(C)C)S(C)=O. The lowest BCUT2D eigenvalue weighted by atomic mass is 10.1. The second-order valence-electron chi connectivity index (χ2n) is 6.36. The van der Waals surface area contributed by atoms with Crippen molar-refractivity contribution in [3.8, 4) is 0 Å². The van der Waals surface area contributed by atoms with Gasteiger partial charge in [0.2, 0.25) is 0 Å². The molecule has 1 unspecified atom stereocenters. The average molecular weight is 340 g/mol. The molecule has 0 bridgehead atoms. The van der Waals surface area contributed by atoms with Gasteiger partial charge in [0, 0.05) is 19.3 Å². The van der Waals surface area contributed by atoms with Crippen molar-refractivity contribution in [2.45, 2.75) is 52.7 Å². The molecule has 1 aromatic rings. The van der Waals surface area contributed by atoms with E-state index in [0.29, 0.717) is 6.54 Å². The van der Waals surface area contributed by atoms with Crippen LogP contribution in [0.25, 0.3) is 0 Å². The van der Waals surface area contributed by atoms with Gasteiger partial charge in [-0.1, -0.05) is 31.5 Å². The minimum absolute atomic E-state index is 0.338. The van der Waals surface area contributed by atoms with Crippen LogP contribution in [0.3, 0.4) is 0 Å². The first kappa shape index (κ1) is 19.5. The minimum atomic E-state index is -1.11. The first-order valence-corrected chi connectivity index (χ1v) is 9.42. The molecule has 0 spiro atoms. The molecule has 23 heavy (non-hydrogen) atoms. The van der Waals surface area contributed by atoms with Crippen molar-refractivity contribution in [2.24, 2.45) is 0 Å². The summed E-state index contributed by atoms with van der Waals surface area (Å²) >= 11 is 0. The van der Waals surface area contributed by atoms with Gasteiger partial charge in [0.1, 0.15) is 16.6 Å². The highest BCUT2D eigenvalue weighted by atomic mass is 32.2. The first-order chi connectivity index (χ1) is 10.7. The van der Waals surface area contributed by atoms with Gasteiger partial charge in [-0.2, -0.15) is 0 Å². The third-order valence-corrected chi connectivity index (χ3v) is 4.11. The normalized spacial score (nSPS) is 12.6. The van der Waals surface area contributed by atoms with Crippen molar-refractivity contribution in [2.75, 3.05) is 17.1 Å². The number of nitrogens with zero attached hydrogens (tertiary/aromatic N) is 1. The maximum atomic E-state index is 12.1. The Labute approximate surface area is 142 Å². The highest BCUT2D eigenvalue weighted by molar-refractivity contribution is 7.85. The number of hydrogen-bond donors (Lipinski definition) is 1. The fraction of sp³-hybridized carbons (Fsp3) is 0.588. The topological polar surface area (TPSA) is 58.6 Å². The van der Waals surface area contributed by atoms with Crippen molar-refractivity contribution in [3.63, 3.8) is 0 Å². The van der Waals surface area contributed by atoms with E-state index in [9.17, 15) is 9.00 Å². The number of anilines is 1. The van der Waals surface area contributed by atoms with E-state index in [1.807, 2.05) is 49.3 Å². The average Bonchev–Trinajstić information content (AvgIpc) is 2.44. The Morgan fingerprint density at radius 2 is 1.96 bits per heavy atom. The van der Waals surface area contributed by atoms with E-state index in [1.165, 1.54) is 0 Å². The lowest BCUT2D eigenvalue weighted by molar-refractivity contribution is 0.0523. The Bertz CT molecular complexity index is 541. The van der Waals surface area contributed by atoms with Crippen molar-refractivity contribution < 1.29 is 13.7 Å². The van der Waals surface area contributed by atoms with E-state index < -0.39 is 22.7 Å². The Morgan fingerprint density at radius 1 is 1.30 bits per heavy atom. The number of hydrogen-bond acceptors (Lipinski definition) is 3. The van der Waals surface area contributed by atoms with Gasteiger partial charge < -0.3 is 10.1 Å². The van der Waals surface area contributed by atoms with E-state index in [-0.39, 0.29) is 0 Å². The summed E-state index contributed by atoms with van der Waals surface area (Å²) in [7, 11) is -1.11. The lowest BCUT2D eigenvalue weighted by Crippen LogP contribution is -2.33. The summed E-state index contributed by atoms with van der Waals surface area (Å²) in [5.41, 5.74) is 1.28. The highest BCUT2D eigenvalue weighted by Crippen LogP contribution is 2.22. The second kappa shape index (κ2) is 8.91. The number of carbonyl (C=O) groups excluding carboxylic acids is 1. The van der Waals surface area contributed by atoms with Crippen LogP contribution < -0.4 is 9.62 Å². The Balaban J connectivity index is 2.83. The summed E-state index contributed by atoms with van der Waals surface area (Å²) in [5.74, 6) is 0. The molecular weight excluding hydrogens is 312 g/mol. The Hall–Kier alpha value is -1.56. The van der Waals surface area contributed by atoms with Crippen LogP contribution in [-0.4, -0.2) is 28.7 Å². The molecule has 0 saturated heterocycles. The number of ether oxygens (including phenoxy) is 1. The molecule has 0 radical (unpaired) electrons. The van der Waals surface area contributed by atoms with Crippen LogP contribution >= 0.6 is 0 Å². The Morgan fingerprint density at radius 3 is 2.52 bits per heavy atom. The van der Waals surface area contributed by atoms with Crippen LogP contribution in [0.15, 0.2) is 24.3 Å². The van der Waals surface area contributed by atoms with Crippen LogP contribution in [0.4, 0.5) is 10.5 Å². The van der Waals surface area contributed by atoms with Gasteiger partial charge in [0.25, 0.3) is 0 Å². The molecular formula is C17H28N2O3S. The summed E-state index contributed by atoms with van der Waals surface area (Å²) in [4.78, 5) is 11.8. The van der Waals surface area contributed by atoms with E-state index in [4.69, 9.17) is 4.74 Å². The van der Waals surface area contributed by atoms with E-state index in [0.717, 1.165) is 30.6 Å². The molecule has 0 aromatic heterocycles. The standard InChI is InChI=1S/C17H28N2O3S/c1-6-7-12-19(23(5)21)15-11-9-8-10-14(15)13-18-16(20)22-17(2,3)4/h8-11H,6-7,12-13H2,1-5H3,(H,18,20). The third-order valence-electron chi connectivity index (χ3n) is 3.11. The van der Waals surface area contributed by atoms with Gasteiger partial charge >= 0.3 is 6.09 Å². The first-order valence-electron chi connectivity index (χ1n) is 7.90. The van der Waals surface area contributed by atoms with Crippen LogP contribution in [0, 0.1) is 0 Å². The molecule has 0 aliphatic carbocycles. The van der Waals surface area contributed by atoms with Gasteiger partial charge in [0.15, 0.2) is 0 Å². The number of unbranched alkanes of at least 4 members (excludes halogenated alkanes) is 1. The number of carbonyl (C=O) groups is 1. The van der Waals surface area contributed by atoms with Crippen LogP contribution in [0.5, 0.6) is 0 Å². The monoisotopic (exact) mass is 340 g/mol. The van der Waals surface area contributed by atoms with E-state index in [1.54, 1.807) is 6.26 Å². The highest BCUT2D eigenvalue weighted by Gasteiger charge is 2.17. The van der Waals surface area contributed by atoms with Gasteiger partial charge in [-0.15, -0.1) is 0 Å². The van der Waals surface area contributed by atoms with E-state index in [2.05, 4.69) is 12.2 Å². The van der Waals surface area contributed by atoms with Gasteiger partial charge in [-0.25, -0.2) is 9.00 Å². The minimum Gasteiger partial charge on any atom is -0.444 e. The molecule has 0 saturated carbocycles. The third kappa shape index (κ3) is 7.03. The molecule has 1 amide bonds. The summed E-state index contributed by atoms with van der Waals surface area (Å²) in [6, 6.07) is 7.69. The summed E-state index contributed by atoms with van der Waals surface area (Å²) in [6.45, 7) is 8.65. The molecule has 1 aromatic carbocycles. The fourth-order valence-corrected chi connectivity index (χ4v) is 2.92. The molecule has 1 rings (SSSR count). The maximum Gasteiger partial charge on any atom is 0.407 e. The molecule has 6 heteroatoms. The van der Waals surface area contributed by atoms with Crippen molar-refractivity contribution >= 4 is 22.8 Å². The van der Waals surface area contributed by atoms with Crippen molar-refractivity contribution in [1.29, 1.82) is 0 Å². The molecule has 0 fully saturated rings. The number of rotatable bonds is 7. The largest absolute Gasteiger partial charge is 0.444 e. The molecule has 0 aliphatic rings. The van der Waals surface area contributed by atoms with Crippen LogP contribution in [0.1, 0.15) is 46.1 Å². The molecule has 1 atom stereocenters. The van der Waals surface area contributed by atoms with Crippen molar-refractivity contribution in [1.82, 2.24) is 5.32 Å². The maximum absolute atomic E-state index is 12.1. The lowest BCUT2D eigenvalue weighted by Gasteiger charge is -2.25.